The van der Waals surface area contributed by atoms with Gasteiger partial charge in [0.15, 0.2) is 0 Å². The second-order valence-electron chi connectivity index (χ2n) is 5.32. The van der Waals surface area contributed by atoms with Crippen LogP contribution in [0.5, 0.6) is 0 Å². The molecule has 0 atom stereocenters. The van der Waals surface area contributed by atoms with Crippen molar-refractivity contribution < 1.29 is 4.79 Å². The van der Waals surface area contributed by atoms with Gasteiger partial charge in [-0.1, -0.05) is 18.2 Å². The average molecular weight is 421 g/mol. The third-order valence-corrected chi connectivity index (χ3v) is 6.50. The van der Waals surface area contributed by atoms with Gasteiger partial charge < -0.3 is 10.6 Å². The summed E-state index contributed by atoms with van der Waals surface area (Å²) in [5, 5.41) is 0. The van der Waals surface area contributed by atoms with E-state index in [2.05, 4.69) is 34.4 Å². The molecular formula is C18H20IN3O. The molecular weight excluding hydrogens is 401 g/mol. The predicted octanol–water partition coefficient (Wildman–Crippen LogP) is 3.31. The fourth-order valence-corrected chi connectivity index (χ4v) is 5.14. The fourth-order valence-electron chi connectivity index (χ4n) is 2.80. The molecule has 0 unspecified atom stereocenters. The molecule has 5 heteroatoms. The molecule has 0 aliphatic carbocycles. The molecule has 0 bridgehead atoms. The number of benzene rings is 2. The Morgan fingerprint density at radius 2 is 1.74 bits per heavy atom. The third kappa shape index (κ3) is 2.97. The lowest BCUT2D eigenvalue weighted by atomic mass is 9.98. The standard InChI is InChI=1S/C18H20IN3O/c1-3-22(4-2)12-9-10-15(16(20)11-12)17-13-7-5-6-8-14(13)18(23)21-19-17/h5-11H,3-4,20H2,1-2H3,(H,21,23). The van der Waals surface area contributed by atoms with Crippen LogP contribution < -0.4 is 14.2 Å². The summed E-state index contributed by atoms with van der Waals surface area (Å²) in [6, 6.07) is 14.0. The number of nitrogens with one attached hydrogen (secondary N) is 1. The fraction of sp³-hybridized carbons (Fsp3) is 0.222. The SMILES string of the molecule is CCN(CC)c1ccc(C2=INC(=O)c3ccccc32)c(N)c1. The molecule has 1 aliphatic heterocycles. The van der Waals surface area contributed by atoms with Gasteiger partial charge in [0, 0.05) is 65.7 Å². The van der Waals surface area contributed by atoms with Crippen LogP contribution in [0.2, 0.25) is 0 Å². The van der Waals surface area contributed by atoms with Gasteiger partial charge in [0.25, 0.3) is 5.91 Å². The zero-order valence-electron chi connectivity index (χ0n) is 13.3. The molecule has 1 aliphatic rings. The first-order valence-electron chi connectivity index (χ1n) is 7.71. The second kappa shape index (κ2) is 6.70. The molecule has 0 aromatic heterocycles. The smallest absolute Gasteiger partial charge is 0.260 e. The van der Waals surface area contributed by atoms with Gasteiger partial charge in [-0.05, 0) is 38.1 Å². The quantitative estimate of drug-likeness (QED) is 0.453. The average Bonchev–Trinajstić information content (AvgIpc) is 2.57. The maximum Gasteiger partial charge on any atom is 0.260 e. The van der Waals surface area contributed by atoms with Crippen LogP contribution in [0.1, 0.15) is 35.3 Å². The van der Waals surface area contributed by atoms with E-state index >= 15 is 0 Å². The van der Waals surface area contributed by atoms with Crippen molar-refractivity contribution in [2.24, 2.45) is 0 Å². The summed E-state index contributed by atoms with van der Waals surface area (Å²) in [4.78, 5) is 14.3. The molecule has 0 spiro atoms. The molecule has 3 rings (SSSR count). The molecule has 0 radical (unpaired) electrons. The minimum absolute atomic E-state index is 0.0236. The number of nitrogen functional groups attached to an aromatic ring is 1. The topological polar surface area (TPSA) is 58.4 Å². The van der Waals surface area contributed by atoms with Crippen LogP contribution in [0, 0.1) is 0 Å². The number of nitrogens with zero attached hydrogens (tertiary/aromatic N) is 1. The number of amides is 1. The summed E-state index contributed by atoms with van der Waals surface area (Å²) >= 11 is -0.586. The zero-order chi connectivity index (χ0) is 16.4. The Bertz CT molecular complexity index is 782. The maximum absolute atomic E-state index is 12.0. The van der Waals surface area contributed by atoms with Crippen LogP contribution in [-0.4, -0.2) is 22.5 Å². The summed E-state index contributed by atoms with van der Waals surface area (Å²) < 4.78 is 4.22. The van der Waals surface area contributed by atoms with Crippen molar-refractivity contribution >= 4 is 41.8 Å². The van der Waals surface area contributed by atoms with Crippen molar-refractivity contribution in [2.45, 2.75) is 13.8 Å². The molecule has 0 fully saturated rings. The van der Waals surface area contributed by atoms with Gasteiger partial charge in [0.2, 0.25) is 0 Å². The van der Waals surface area contributed by atoms with Crippen molar-refractivity contribution in [1.29, 1.82) is 0 Å². The minimum atomic E-state index is -0.586. The molecule has 23 heavy (non-hydrogen) atoms. The van der Waals surface area contributed by atoms with Crippen LogP contribution in [0.3, 0.4) is 0 Å². The Kier molecular flexibility index (Phi) is 4.66. The van der Waals surface area contributed by atoms with Gasteiger partial charge in [0.05, 0.1) is 0 Å². The molecule has 3 N–H and O–H groups in total. The van der Waals surface area contributed by atoms with E-state index in [0.29, 0.717) is 0 Å². The van der Waals surface area contributed by atoms with Gasteiger partial charge in [-0.15, -0.1) is 0 Å². The number of carbonyl (C=O) groups is 1. The summed E-state index contributed by atoms with van der Waals surface area (Å²) in [5.41, 5.74) is 11.1. The number of hydrogen-bond donors (Lipinski definition) is 2. The Labute approximate surface area is 146 Å². The molecule has 120 valence electrons. The van der Waals surface area contributed by atoms with Crippen LogP contribution in [0.15, 0.2) is 42.5 Å². The molecule has 0 saturated heterocycles. The lowest BCUT2D eigenvalue weighted by Gasteiger charge is -2.23. The largest absolute Gasteiger partial charge is 0.398 e. The number of rotatable bonds is 4. The molecule has 4 nitrogen and oxygen atoms in total. The molecule has 2 aromatic carbocycles. The van der Waals surface area contributed by atoms with E-state index in [1.165, 1.54) is 3.51 Å². The Morgan fingerprint density at radius 3 is 2.39 bits per heavy atom. The number of halogens is 1. The van der Waals surface area contributed by atoms with Crippen LogP contribution in [0.25, 0.3) is 0 Å². The first-order chi connectivity index (χ1) is 11.2. The minimum Gasteiger partial charge on any atom is -0.398 e. The molecule has 0 saturated carbocycles. The highest BCUT2D eigenvalue weighted by atomic mass is 127. The van der Waals surface area contributed by atoms with Crippen molar-refractivity contribution in [3.8, 4) is 0 Å². The van der Waals surface area contributed by atoms with E-state index in [4.69, 9.17) is 5.73 Å². The highest BCUT2D eigenvalue weighted by molar-refractivity contribution is 14.2. The number of hydrogen-bond acceptors (Lipinski definition) is 3. The van der Waals surface area contributed by atoms with Crippen molar-refractivity contribution in [1.82, 2.24) is 3.53 Å². The van der Waals surface area contributed by atoms with Gasteiger partial charge in [-0.25, -0.2) is 0 Å². The molecule has 1 amide bonds. The van der Waals surface area contributed by atoms with Crippen molar-refractivity contribution in [3.05, 3.63) is 59.2 Å². The van der Waals surface area contributed by atoms with Gasteiger partial charge in [-0.3, -0.25) is 8.32 Å². The van der Waals surface area contributed by atoms with E-state index in [9.17, 15) is 4.79 Å². The highest BCUT2D eigenvalue weighted by Crippen LogP contribution is 2.29. The highest BCUT2D eigenvalue weighted by Gasteiger charge is 2.21. The van der Waals surface area contributed by atoms with Gasteiger partial charge >= 0.3 is 0 Å². The second-order valence-corrected chi connectivity index (χ2v) is 7.48. The van der Waals surface area contributed by atoms with E-state index in [1.807, 2.05) is 30.3 Å². The van der Waals surface area contributed by atoms with E-state index in [-0.39, 0.29) is 5.91 Å². The number of nitrogens with two attached hydrogens (primary N) is 1. The molecule has 2 aromatic rings. The Hall–Kier alpha value is -1.89. The van der Waals surface area contributed by atoms with Crippen LogP contribution in [0.4, 0.5) is 11.4 Å². The van der Waals surface area contributed by atoms with E-state index in [1.54, 1.807) is 0 Å². The lowest BCUT2D eigenvalue weighted by molar-refractivity contribution is 0.0989. The van der Waals surface area contributed by atoms with Gasteiger partial charge in [-0.2, -0.15) is 0 Å². The Morgan fingerprint density at radius 1 is 1.04 bits per heavy atom. The van der Waals surface area contributed by atoms with Crippen LogP contribution in [-0.2, 0) is 0 Å². The summed E-state index contributed by atoms with van der Waals surface area (Å²) in [7, 11) is 0. The lowest BCUT2D eigenvalue weighted by Crippen LogP contribution is -2.24. The van der Waals surface area contributed by atoms with Crippen molar-refractivity contribution in [2.75, 3.05) is 23.7 Å². The summed E-state index contributed by atoms with van der Waals surface area (Å²) in [6.07, 6.45) is 0. The molecule has 1 heterocycles. The summed E-state index contributed by atoms with van der Waals surface area (Å²) in [5.74, 6) is 0.0236. The zero-order valence-corrected chi connectivity index (χ0v) is 15.4. The van der Waals surface area contributed by atoms with E-state index < -0.39 is 21.0 Å². The normalized spacial score (nSPS) is 13.5. The van der Waals surface area contributed by atoms with Gasteiger partial charge in [0.1, 0.15) is 0 Å². The van der Waals surface area contributed by atoms with Crippen LogP contribution >= 0.6 is 21.0 Å². The Balaban J connectivity index is 2.05. The maximum atomic E-state index is 12.0. The third-order valence-electron chi connectivity index (χ3n) is 4.04. The number of anilines is 2. The summed E-state index contributed by atoms with van der Waals surface area (Å²) in [6.45, 7) is 6.19. The predicted molar refractivity (Wildman–Crippen MR) is 106 cm³/mol. The number of fused-ring (bicyclic) bond motifs is 1. The monoisotopic (exact) mass is 421 g/mol. The number of carbonyl (C=O) groups excluding carboxylic acids is 1. The van der Waals surface area contributed by atoms with E-state index in [0.717, 1.165) is 41.2 Å². The first kappa shape index (κ1) is 16.0. The first-order valence-corrected chi connectivity index (χ1v) is 9.86. The van der Waals surface area contributed by atoms with Crippen molar-refractivity contribution in [3.63, 3.8) is 0 Å².